The van der Waals surface area contributed by atoms with E-state index in [1.807, 2.05) is 54.6 Å². The van der Waals surface area contributed by atoms with Crippen LogP contribution in [0.4, 0.5) is 0 Å². The molecule has 4 rings (SSSR count). The molecule has 0 aliphatic heterocycles. The number of rotatable bonds is 12. The first-order chi connectivity index (χ1) is 17.6. The molecule has 4 aromatic rings. The van der Waals surface area contributed by atoms with Gasteiger partial charge in [-0.1, -0.05) is 91.0 Å². The molecule has 0 aromatic heterocycles. The molecule has 0 heterocycles. The second-order valence-corrected chi connectivity index (χ2v) is 9.25. The Balaban J connectivity index is 1.52. The Kier molecular flexibility index (Phi) is 9.46. The van der Waals surface area contributed by atoms with E-state index in [1.165, 1.54) is 50.1 Å². The minimum atomic E-state index is 0.560. The lowest BCUT2D eigenvalue weighted by molar-refractivity contribution is 0.0975. The van der Waals surface area contributed by atoms with Crippen molar-refractivity contribution in [3.05, 3.63) is 141 Å². The van der Waals surface area contributed by atoms with Crippen molar-refractivity contribution >= 4 is 0 Å². The monoisotopic (exact) mass is 480 g/mol. The summed E-state index contributed by atoms with van der Waals surface area (Å²) < 4.78 is 18.5. The zero-order valence-corrected chi connectivity index (χ0v) is 21.6. The van der Waals surface area contributed by atoms with Crippen LogP contribution in [0.1, 0.15) is 50.1 Å². The van der Waals surface area contributed by atoms with Gasteiger partial charge in [0.2, 0.25) is 0 Å². The van der Waals surface area contributed by atoms with Crippen LogP contribution in [0.3, 0.4) is 0 Å². The molecule has 3 heteroatoms. The lowest BCUT2D eigenvalue weighted by Crippen LogP contribution is -2.11. The highest BCUT2D eigenvalue weighted by Crippen LogP contribution is 2.30. The minimum absolute atomic E-state index is 0.560. The molecule has 0 amide bonds. The maximum absolute atomic E-state index is 6.18. The molecule has 4 aromatic carbocycles. The molecule has 0 N–H and O–H groups in total. The largest absolute Gasteiger partial charge is 0.372 e. The Labute approximate surface area is 215 Å². The first-order valence-corrected chi connectivity index (χ1v) is 12.6. The smallest absolute Gasteiger partial charge is 0.0726 e. The van der Waals surface area contributed by atoms with Gasteiger partial charge in [0.15, 0.2) is 0 Å². The van der Waals surface area contributed by atoms with Crippen LogP contribution in [0.5, 0.6) is 0 Å². The highest BCUT2D eigenvalue weighted by atomic mass is 16.5. The van der Waals surface area contributed by atoms with Crippen molar-refractivity contribution in [2.75, 3.05) is 0 Å². The average molecular weight is 481 g/mol. The summed E-state index contributed by atoms with van der Waals surface area (Å²) in [5.41, 5.74) is 11.0. The zero-order chi connectivity index (χ0) is 25.2. The van der Waals surface area contributed by atoms with Gasteiger partial charge in [-0.2, -0.15) is 0 Å². The molecule has 0 saturated heterocycles. The molecule has 3 nitrogen and oxygen atoms in total. The van der Waals surface area contributed by atoms with E-state index in [1.54, 1.807) is 0 Å². The molecular formula is C33H36O3. The molecule has 0 spiro atoms. The van der Waals surface area contributed by atoms with Crippen molar-refractivity contribution in [3.63, 3.8) is 0 Å². The van der Waals surface area contributed by atoms with E-state index in [2.05, 4.69) is 57.2 Å². The van der Waals surface area contributed by atoms with E-state index in [4.69, 9.17) is 14.2 Å². The summed E-state index contributed by atoms with van der Waals surface area (Å²) >= 11 is 0. The zero-order valence-electron chi connectivity index (χ0n) is 21.6. The molecular weight excluding hydrogens is 444 g/mol. The summed E-state index contributed by atoms with van der Waals surface area (Å²) in [6.45, 7) is 10.0. The fraction of sp³-hybridized carbons (Fsp3) is 0.273. The van der Waals surface area contributed by atoms with Crippen molar-refractivity contribution in [1.82, 2.24) is 0 Å². The van der Waals surface area contributed by atoms with Crippen LogP contribution in [0, 0.1) is 20.8 Å². The SMILES string of the molecule is Cc1c(COCc2ccccc2)c(C)c(COCc2ccccc2)c(C)c1COCc1ccccc1. The van der Waals surface area contributed by atoms with Gasteiger partial charge in [0, 0.05) is 0 Å². The molecule has 0 aliphatic carbocycles. The lowest BCUT2D eigenvalue weighted by atomic mass is 9.89. The van der Waals surface area contributed by atoms with E-state index in [-0.39, 0.29) is 0 Å². The summed E-state index contributed by atoms with van der Waals surface area (Å²) in [5.74, 6) is 0. The lowest BCUT2D eigenvalue weighted by Gasteiger charge is -2.23. The van der Waals surface area contributed by atoms with E-state index in [9.17, 15) is 0 Å². The second-order valence-electron chi connectivity index (χ2n) is 9.25. The van der Waals surface area contributed by atoms with Gasteiger partial charge in [0.25, 0.3) is 0 Å². The van der Waals surface area contributed by atoms with Crippen LogP contribution in [0.2, 0.25) is 0 Å². The fourth-order valence-electron chi connectivity index (χ4n) is 4.58. The van der Waals surface area contributed by atoms with Gasteiger partial charge in [-0.15, -0.1) is 0 Å². The molecule has 36 heavy (non-hydrogen) atoms. The van der Waals surface area contributed by atoms with E-state index in [0.29, 0.717) is 39.6 Å². The highest BCUT2D eigenvalue weighted by molar-refractivity contribution is 5.50. The van der Waals surface area contributed by atoms with Gasteiger partial charge in [0.1, 0.15) is 0 Å². The number of hydrogen-bond donors (Lipinski definition) is 0. The maximum Gasteiger partial charge on any atom is 0.0726 e. The van der Waals surface area contributed by atoms with Crippen molar-refractivity contribution < 1.29 is 14.2 Å². The van der Waals surface area contributed by atoms with Gasteiger partial charge in [-0.25, -0.2) is 0 Å². The third kappa shape index (κ3) is 6.92. The van der Waals surface area contributed by atoms with Gasteiger partial charge >= 0.3 is 0 Å². The van der Waals surface area contributed by atoms with E-state index >= 15 is 0 Å². The minimum Gasteiger partial charge on any atom is -0.372 e. The van der Waals surface area contributed by atoms with Crippen LogP contribution in [-0.2, 0) is 53.9 Å². The summed E-state index contributed by atoms with van der Waals surface area (Å²) in [6, 6.07) is 31.0. The first kappa shape index (κ1) is 25.8. The number of benzene rings is 4. The summed E-state index contributed by atoms with van der Waals surface area (Å²) in [4.78, 5) is 0. The van der Waals surface area contributed by atoms with Crippen molar-refractivity contribution in [3.8, 4) is 0 Å². The molecule has 0 aliphatic rings. The molecule has 0 radical (unpaired) electrons. The normalized spacial score (nSPS) is 11.1. The number of ether oxygens (including phenoxy) is 3. The topological polar surface area (TPSA) is 27.7 Å². The molecule has 0 fully saturated rings. The van der Waals surface area contributed by atoms with E-state index in [0.717, 1.165) is 0 Å². The molecule has 186 valence electrons. The Morgan fingerprint density at radius 2 is 0.611 bits per heavy atom. The van der Waals surface area contributed by atoms with Crippen LogP contribution in [-0.4, -0.2) is 0 Å². The Hall–Kier alpha value is -3.24. The number of hydrogen-bond acceptors (Lipinski definition) is 3. The quantitative estimate of drug-likeness (QED) is 0.207. The third-order valence-electron chi connectivity index (χ3n) is 6.79. The van der Waals surface area contributed by atoms with Crippen molar-refractivity contribution in [2.24, 2.45) is 0 Å². The van der Waals surface area contributed by atoms with Gasteiger partial charge < -0.3 is 14.2 Å². The van der Waals surface area contributed by atoms with E-state index < -0.39 is 0 Å². The van der Waals surface area contributed by atoms with Crippen LogP contribution >= 0.6 is 0 Å². The van der Waals surface area contributed by atoms with Crippen LogP contribution in [0.25, 0.3) is 0 Å². The fourth-order valence-corrected chi connectivity index (χ4v) is 4.58. The second kappa shape index (κ2) is 13.2. The predicted molar refractivity (Wildman–Crippen MR) is 145 cm³/mol. The molecule has 0 atom stereocenters. The van der Waals surface area contributed by atoms with Crippen LogP contribution < -0.4 is 0 Å². The summed E-state index contributed by atoms with van der Waals surface area (Å²) in [5, 5.41) is 0. The van der Waals surface area contributed by atoms with Gasteiger partial charge in [-0.05, 0) is 70.8 Å². The standard InChI is InChI=1S/C33H36O3/c1-25-31(22-34-19-28-13-7-4-8-14-28)26(2)33(24-36-21-30-17-11-6-12-18-30)27(3)32(25)23-35-20-29-15-9-5-10-16-29/h4-18H,19-24H2,1-3H3. The third-order valence-corrected chi connectivity index (χ3v) is 6.79. The first-order valence-electron chi connectivity index (χ1n) is 12.6. The Bertz CT molecular complexity index is 1040. The summed E-state index contributed by atoms with van der Waals surface area (Å²) in [6.07, 6.45) is 0. The van der Waals surface area contributed by atoms with Gasteiger partial charge in [0.05, 0.1) is 39.6 Å². The Morgan fingerprint density at radius 3 is 0.861 bits per heavy atom. The molecule has 0 saturated carbocycles. The average Bonchev–Trinajstić information content (AvgIpc) is 2.92. The van der Waals surface area contributed by atoms with Crippen LogP contribution in [0.15, 0.2) is 91.0 Å². The predicted octanol–water partition coefficient (Wildman–Crippen LogP) is 7.76. The highest BCUT2D eigenvalue weighted by Gasteiger charge is 2.18. The maximum atomic E-state index is 6.18. The van der Waals surface area contributed by atoms with Crippen molar-refractivity contribution in [1.29, 1.82) is 0 Å². The Morgan fingerprint density at radius 1 is 0.361 bits per heavy atom. The van der Waals surface area contributed by atoms with Gasteiger partial charge in [-0.3, -0.25) is 0 Å². The summed E-state index contributed by atoms with van der Waals surface area (Å²) in [7, 11) is 0. The van der Waals surface area contributed by atoms with Crippen molar-refractivity contribution in [2.45, 2.75) is 60.4 Å². The molecule has 0 unspecified atom stereocenters. The molecule has 0 bridgehead atoms.